The lowest BCUT2D eigenvalue weighted by Gasteiger charge is -2.16. The van der Waals surface area contributed by atoms with Gasteiger partial charge in [0.25, 0.3) is 0 Å². The fourth-order valence-electron chi connectivity index (χ4n) is 1.94. The quantitative estimate of drug-likeness (QED) is 0.788. The third-order valence-corrected chi connectivity index (χ3v) is 2.80. The molecule has 1 aromatic rings. The zero-order valence-electron chi connectivity index (χ0n) is 10.0. The average Bonchev–Trinajstić information content (AvgIpc) is 2.79. The van der Waals surface area contributed by atoms with E-state index >= 15 is 0 Å². The van der Waals surface area contributed by atoms with E-state index in [0.717, 1.165) is 19.4 Å². The molecule has 0 saturated carbocycles. The van der Waals surface area contributed by atoms with Crippen LogP contribution in [0.15, 0.2) is 18.3 Å². The summed E-state index contributed by atoms with van der Waals surface area (Å²) < 4.78 is 5.67. The number of hydrogen-bond acceptors (Lipinski definition) is 4. The molecule has 5 nitrogen and oxygen atoms in total. The van der Waals surface area contributed by atoms with Gasteiger partial charge in [-0.3, -0.25) is 4.79 Å². The van der Waals surface area contributed by atoms with Gasteiger partial charge in [0.1, 0.15) is 6.10 Å². The second-order valence-electron chi connectivity index (χ2n) is 4.18. The highest BCUT2D eigenvalue weighted by Gasteiger charge is 2.27. The first-order chi connectivity index (χ1) is 8.29. The Bertz CT molecular complexity index is 369. The highest BCUT2D eigenvalue weighted by Crippen LogP contribution is 2.16. The molecular formula is C12H17N3O2. The Morgan fingerprint density at radius 3 is 3.24 bits per heavy atom. The zero-order chi connectivity index (χ0) is 12.1. The number of carbonyl (C=O) groups excluding carboxylic acids is 1. The maximum Gasteiger partial charge on any atom is 0.233 e. The van der Waals surface area contributed by atoms with E-state index in [9.17, 15) is 4.79 Å². The van der Waals surface area contributed by atoms with Gasteiger partial charge in [0.05, 0.1) is 6.54 Å². The average molecular weight is 235 g/mol. The molecule has 0 aromatic carbocycles. The van der Waals surface area contributed by atoms with Gasteiger partial charge in [-0.2, -0.15) is 5.10 Å². The van der Waals surface area contributed by atoms with E-state index in [1.165, 1.54) is 0 Å². The van der Waals surface area contributed by atoms with Crippen LogP contribution in [0.25, 0.3) is 0 Å². The zero-order valence-corrected chi connectivity index (χ0v) is 10.0. The number of rotatable bonds is 4. The molecule has 1 unspecified atom stereocenters. The SMILES string of the molecule is CCCC(=O)N1CCC(Oc2cccnn2)C1. The van der Waals surface area contributed by atoms with Crippen LogP contribution in [0.1, 0.15) is 26.2 Å². The van der Waals surface area contributed by atoms with Gasteiger partial charge >= 0.3 is 0 Å². The van der Waals surface area contributed by atoms with E-state index in [4.69, 9.17) is 4.74 Å². The summed E-state index contributed by atoms with van der Waals surface area (Å²) in [5.41, 5.74) is 0. The molecule has 2 rings (SSSR count). The molecule has 5 heteroatoms. The van der Waals surface area contributed by atoms with Crippen LogP contribution in [0.4, 0.5) is 0 Å². The van der Waals surface area contributed by atoms with E-state index in [1.807, 2.05) is 11.8 Å². The Labute approximate surface area is 101 Å². The number of carbonyl (C=O) groups is 1. The summed E-state index contributed by atoms with van der Waals surface area (Å²) in [6.07, 6.45) is 4.04. The fraction of sp³-hybridized carbons (Fsp3) is 0.583. The molecule has 1 aliphatic heterocycles. The van der Waals surface area contributed by atoms with Gasteiger partial charge in [0.2, 0.25) is 11.8 Å². The van der Waals surface area contributed by atoms with Crippen LogP contribution >= 0.6 is 0 Å². The highest BCUT2D eigenvalue weighted by atomic mass is 16.5. The Kier molecular flexibility index (Phi) is 3.90. The predicted molar refractivity (Wildman–Crippen MR) is 62.6 cm³/mol. The Hall–Kier alpha value is -1.65. The molecule has 0 bridgehead atoms. The topological polar surface area (TPSA) is 55.3 Å². The van der Waals surface area contributed by atoms with Crippen LogP contribution in [-0.4, -0.2) is 40.2 Å². The molecule has 17 heavy (non-hydrogen) atoms. The lowest BCUT2D eigenvalue weighted by atomic mass is 10.3. The predicted octanol–water partition coefficient (Wildman–Crippen LogP) is 1.26. The van der Waals surface area contributed by atoms with Crippen LogP contribution in [0.5, 0.6) is 5.88 Å². The minimum atomic E-state index is 0.0486. The van der Waals surface area contributed by atoms with E-state index in [1.54, 1.807) is 18.3 Å². The van der Waals surface area contributed by atoms with Crippen LogP contribution in [0, 0.1) is 0 Å². The maximum absolute atomic E-state index is 11.7. The molecule has 1 atom stereocenters. The molecule has 0 spiro atoms. The molecule has 1 amide bonds. The Morgan fingerprint density at radius 2 is 2.53 bits per heavy atom. The molecule has 1 aliphatic rings. The van der Waals surface area contributed by atoms with E-state index in [0.29, 0.717) is 18.8 Å². The van der Waals surface area contributed by atoms with Crippen LogP contribution in [-0.2, 0) is 4.79 Å². The summed E-state index contributed by atoms with van der Waals surface area (Å²) in [5, 5.41) is 7.63. The number of amides is 1. The molecule has 1 saturated heterocycles. The Morgan fingerprint density at radius 1 is 1.65 bits per heavy atom. The summed E-state index contributed by atoms with van der Waals surface area (Å²) in [6.45, 7) is 3.46. The minimum Gasteiger partial charge on any atom is -0.471 e. The van der Waals surface area contributed by atoms with Gasteiger partial charge in [0.15, 0.2) is 0 Å². The monoisotopic (exact) mass is 235 g/mol. The van der Waals surface area contributed by atoms with Gasteiger partial charge < -0.3 is 9.64 Å². The van der Waals surface area contributed by atoms with Crippen LogP contribution < -0.4 is 4.74 Å². The van der Waals surface area contributed by atoms with Crippen molar-refractivity contribution in [1.29, 1.82) is 0 Å². The molecule has 0 aliphatic carbocycles. The van der Waals surface area contributed by atoms with Crippen molar-refractivity contribution in [2.45, 2.75) is 32.3 Å². The minimum absolute atomic E-state index is 0.0486. The van der Waals surface area contributed by atoms with Crippen molar-refractivity contribution in [2.24, 2.45) is 0 Å². The third kappa shape index (κ3) is 3.15. The lowest BCUT2D eigenvalue weighted by molar-refractivity contribution is -0.130. The van der Waals surface area contributed by atoms with Crippen molar-refractivity contribution in [3.05, 3.63) is 18.3 Å². The number of likely N-dealkylation sites (tertiary alicyclic amines) is 1. The summed E-state index contributed by atoms with van der Waals surface area (Å²) in [6, 6.07) is 3.57. The summed E-state index contributed by atoms with van der Waals surface area (Å²) >= 11 is 0. The largest absolute Gasteiger partial charge is 0.471 e. The number of nitrogens with zero attached hydrogens (tertiary/aromatic N) is 3. The van der Waals surface area contributed by atoms with Gasteiger partial charge in [-0.15, -0.1) is 5.10 Å². The number of aromatic nitrogens is 2. The van der Waals surface area contributed by atoms with Crippen molar-refractivity contribution in [3.63, 3.8) is 0 Å². The first-order valence-electron chi connectivity index (χ1n) is 6.01. The van der Waals surface area contributed by atoms with Crippen molar-refractivity contribution in [3.8, 4) is 5.88 Å². The fourth-order valence-corrected chi connectivity index (χ4v) is 1.94. The van der Waals surface area contributed by atoms with Gasteiger partial charge in [-0.25, -0.2) is 0 Å². The van der Waals surface area contributed by atoms with Gasteiger partial charge in [0, 0.05) is 31.6 Å². The molecule has 0 N–H and O–H groups in total. The van der Waals surface area contributed by atoms with E-state index in [2.05, 4.69) is 10.2 Å². The normalized spacial score (nSPS) is 19.4. The van der Waals surface area contributed by atoms with Crippen LogP contribution in [0.2, 0.25) is 0 Å². The molecule has 1 fully saturated rings. The number of ether oxygens (including phenoxy) is 1. The van der Waals surface area contributed by atoms with Crippen molar-refractivity contribution in [1.82, 2.24) is 15.1 Å². The smallest absolute Gasteiger partial charge is 0.233 e. The first-order valence-corrected chi connectivity index (χ1v) is 6.01. The summed E-state index contributed by atoms with van der Waals surface area (Å²) in [4.78, 5) is 13.6. The lowest BCUT2D eigenvalue weighted by Crippen LogP contribution is -2.30. The molecule has 1 aromatic heterocycles. The Balaban J connectivity index is 1.84. The molecular weight excluding hydrogens is 218 g/mol. The van der Waals surface area contributed by atoms with E-state index in [-0.39, 0.29) is 12.0 Å². The summed E-state index contributed by atoms with van der Waals surface area (Å²) in [5.74, 6) is 0.750. The second kappa shape index (κ2) is 5.61. The molecule has 0 radical (unpaired) electrons. The van der Waals surface area contributed by atoms with Crippen molar-refractivity contribution in [2.75, 3.05) is 13.1 Å². The van der Waals surface area contributed by atoms with Crippen molar-refractivity contribution < 1.29 is 9.53 Å². The van der Waals surface area contributed by atoms with Gasteiger partial charge in [-0.05, 0) is 12.5 Å². The summed E-state index contributed by atoms with van der Waals surface area (Å²) in [7, 11) is 0. The molecule has 2 heterocycles. The maximum atomic E-state index is 11.7. The second-order valence-corrected chi connectivity index (χ2v) is 4.18. The van der Waals surface area contributed by atoms with Gasteiger partial charge in [-0.1, -0.05) is 6.92 Å². The molecule has 92 valence electrons. The van der Waals surface area contributed by atoms with E-state index < -0.39 is 0 Å². The van der Waals surface area contributed by atoms with Crippen molar-refractivity contribution >= 4 is 5.91 Å². The number of hydrogen-bond donors (Lipinski definition) is 0. The highest BCUT2D eigenvalue weighted by molar-refractivity contribution is 5.76. The third-order valence-electron chi connectivity index (χ3n) is 2.80. The standard InChI is InChI=1S/C12H17N3O2/c1-2-4-12(16)15-8-6-10(9-15)17-11-5-3-7-13-14-11/h3,5,7,10H,2,4,6,8-9H2,1H3. The first kappa shape index (κ1) is 11.8. The van der Waals surface area contributed by atoms with Crippen LogP contribution in [0.3, 0.4) is 0 Å².